The minimum absolute atomic E-state index is 0.129. The second-order valence-corrected chi connectivity index (χ2v) is 9.04. The van der Waals surface area contributed by atoms with Crippen molar-refractivity contribution >= 4 is 15.9 Å². The molecule has 0 spiro atoms. The van der Waals surface area contributed by atoms with E-state index < -0.39 is 10.0 Å². The van der Waals surface area contributed by atoms with E-state index >= 15 is 0 Å². The van der Waals surface area contributed by atoms with Crippen molar-refractivity contribution < 1.29 is 17.9 Å². The van der Waals surface area contributed by atoms with Crippen LogP contribution in [0.15, 0.2) is 59.5 Å². The van der Waals surface area contributed by atoms with E-state index in [0.29, 0.717) is 31.6 Å². The summed E-state index contributed by atoms with van der Waals surface area (Å²) in [5, 5.41) is 2.85. The Balaban J connectivity index is 1.68. The molecule has 2 aromatic rings. The minimum atomic E-state index is -3.67. The van der Waals surface area contributed by atoms with Crippen molar-refractivity contribution in [2.45, 2.75) is 37.4 Å². The Morgan fingerprint density at radius 3 is 2.43 bits per heavy atom. The third-order valence-electron chi connectivity index (χ3n) is 4.66. The molecule has 1 fully saturated rings. The number of ether oxygens (including phenoxy) is 1. The highest BCUT2D eigenvalue weighted by atomic mass is 32.2. The lowest BCUT2D eigenvalue weighted by Gasteiger charge is -2.34. The largest absolute Gasteiger partial charge is 0.373 e. The first-order valence-electron chi connectivity index (χ1n) is 9.44. The van der Waals surface area contributed by atoms with E-state index in [1.807, 2.05) is 44.2 Å². The highest BCUT2D eigenvalue weighted by Gasteiger charge is 2.32. The molecule has 1 amide bonds. The maximum Gasteiger partial charge on any atom is 0.251 e. The summed E-state index contributed by atoms with van der Waals surface area (Å²) in [6.07, 6.45) is 0.389. The highest BCUT2D eigenvalue weighted by Crippen LogP contribution is 2.22. The van der Waals surface area contributed by atoms with Crippen LogP contribution in [0, 0.1) is 0 Å². The average molecular weight is 403 g/mol. The molecule has 0 radical (unpaired) electrons. The molecule has 0 bridgehead atoms. The molecule has 1 N–H and O–H groups in total. The number of rotatable bonds is 6. The number of sulfonamides is 1. The maximum absolute atomic E-state index is 13.0. The zero-order valence-corrected chi connectivity index (χ0v) is 17.0. The first-order chi connectivity index (χ1) is 13.4. The summed E-state index contributed by atoms with van der Waals surface area (Å²) < 4.78 is 33.0. The fourth-order valence-electron chi connectivity index (χ4n) is 3.34. The van der Waals surface area contributed by atoms with Crippen LogP contribution in [0.2, 0.25) is 0 Å². The Labute approximate surface area is 166 Å². The first-order valence-corrected chi connectivity index (χ1v) is 10.9. The monoisotopic (exact) mass is 402 g/mol. The maximum atomic E-state index is 13.0. The summed E-state index contributed by atoms with van der Waals surface area (Å²) in [6, 6.07) is 16.1. The number of hydrogen-bond acceptors (Lipinski definition) is 4. The predicted octanol–water partition coefficient (Wildman–Crippen LogP) is 2.46. The van der Waals surface area contributed by atoms with Crippen molar-refractivity contribution in [3.63, 3.8) is 0 Å². The van der Waals surface area contributed by atoms with Gasteiger partial charge in [0, 0.05) is 25.2 Å². The summed E-state index contributed by atoms with van der Waals surface area (Å²) in [5.74, 6) is -0.281. The average Bonchev–Trinajstić information content (AvgIpc) is 2.68. The summed E-state index contributed by atoms with van der Waals surface area (Å²) in [4.78, 5) is 12.6. The highest BCUT2D eigenvalue weighted by molar-refractivity contribution is 7.89. The molecule has 1 saturated heterocycles. The van der Waals surface area contributed by atoms with Gasteiger partial charge in [-0.3, -0.25) is 4.79 Å². The van der Waals surface area contributed by atoms with Crippen molar-refractivity contribution in [3.8, 4) is 0 Å². The molecule has 2 atom stereocenters. The van der Waals surface area contributed by atoms with Crippen LogP contribution < -0.4 is 5.32 Å². The SMILES string of the molecule is CC1CN(S(=O)(=O)c2cccc(C(=O)NCCc3ccccc3)c2)CC(C)O1. The van der Waals surface area contributed by atoms with Gasteiger partial charge in [0.25, 0.3) is 5.91 Å². The Morgan fingerprint density at radius 1 is 1.07 bits per heavy atom. The normalized spacial score (nSPS) is 20.6. The summed E-state index contributed by atoms with van der Waals surface area (Å²) in [5.41, 5.74) is 1.47. The van der Waals surface area contributed by atoms with Crippen molar-refractivity contribution in [2.75, 3.05) is 19.6 Å². The number of hydrogen-bond donors (Lipinski definition) is 1. The Morgan fingerprint density at radius 2 is 1.75 bits per heavy atom. The second-order valence-electron chi connectivity index (χ2n) is 7.10. The van der Waals surface area contributed by atoms with Crippen molar-refractivity contribution in [1.82, 2.24) is 9.62 Å². The number of morpholine rings is 1. The molecule has 1 aliphatic heterocycles. The van der Waals surface area contributed by atoms with Crippen LogP contribution in [0.4, 0.5) is 0 Å². The second kappa shape index (κ2) is 8.86. The topological polar surface area (TPSA) is 75.7 Å². The molecule has 7 heteroatoms. The number of nitrogens with one attached hydrogen (secondary N) is 1. The molecule has 3 rings (SSSR count). The molecular formula is C21H26N2O4S. The fourth-order valence-corrected chi connectivity index (χ4v) is 4.98. The summed E-state index contributed by atoms with van der Waals surface area (Å²) in [6.45, 7) is 4.81. The molecule has 1 heterocycles. The number of benzene rings is 2. The Kier molecular flexibility index (Phi) is 6.49. The fraction of sp³-hybridized carbons (Fsp3) is 0.381. The number of carbonyl (C=O) groups excluding carboxylic acids is 1. The molecule has 28 heavy (non-hydrogen) atoms. The molecular weight excluding hydrogens is 376 g/mol. The van der Waals surface area contributed by atoms with Gasteiger partial charge in [-0.15, -0.1) is 0 Å². The van der Waals surface area contributed by atoms with Gasteiger partial charge in [-0.2, -0.15) is 4.31 Å². The van der Waals surface area contributed by atoms with Crippen LogP contribution in [0.25, 0.3) is 0 Å². The lowest BCUT2D eigenvalue weighted by Crippen LogP contribution is -2.48. The van der Waals surface area contributed by atoms with Crippen molar-refractivity contribution in [2.24, 2.45) is 0 Å². The number of carbonyl (C=O) groups is 1. The van der Waals surface area contributed by atoms with Crippen LogP contribution in [0.1, 0.15) is 29.8 Å². The van der Waals surface area contributed by atoms with Gasteiger partial charge in [0.2, 0.25) is 10.0 Å². The first kappa shape index (κ1) is 20.5. The Hall–Kier alpha value is -2.22. The number of amides is 1. The molecule has 2 unspecified atom stereocenters. The van der Waals surface area contributed by atoms with Crippen LogP contribution >= 0.6 is 0 Å². The smallest absolute Gasteiger partial charge is 0.251 e. The molecule has 2 aromatic carbocycles. The van der Waals surface area contributed by atoms with Gasteiger partial charge < -0.3 is 10.1 Å². The van der Waals surface area contributed by atoms with E-state index in [9.17, 15) is 13.2 Å². The molecule has 1 aliphatic rings. The standard InChI is InChI=1S/C21H26N2O4S/c1-16-14-23(15-17(2)27-16)28(25,26)20-10-6-9-19(13-20)21(24)22-12-11-18-7-4-3-5-8-18/h3-10,13,16-17H,11-12,14-15H2,1-2H3,(H,22,24). The van der Waals surface area contributed by atoms with E-state index in [2.05, 4.69) is 5.32 Å². The van der Waals surface area contributed by atoms with Gasteiger partial charge in [0.1, 0.15) is 0 Å². The van der Waals surface area contributed by atoms with Gasteiger partial charge in [-0.1, -0.05) is 36.4 Å². The van der Waals surface area contributed by atoms with E-state index in [0.717, 1.165) is 5.56 Å². The van der Waals surface area contributed by atoms with Gasteiger partial charge >= 0.3 is 0 Å². The molecule has 6 nitrogen and oxygen atoms in total. The summed E-state index contributed by atoms with van der Waals surface area (Å²) in [7, 11) is -3.67. The third-order valence-corrected chi connectivity index (χ3v) is 6.49. The summed E-state index contributed by atoms with van der Waals surface area (Å²) >= 11 is 0. The van der Waals surface area contributed by atoms with Crippen molar-refractivity contribution in [3.05, 3.63) is 65.7 Å². The van der Waals surface area contributed by atoms with E-state index in [1.54, 1.807) is 12.1 Å². The van der Waals surface area contributed by atoms with Crippen LogP contribution in [-0.2, 0) is 21.2 Å². The molecule has 0 aliphatic carbocycles. The minimum Gasteiger partial charge on any atom is -0.373 e. The predicted molar refractivity (Wildman–Crippen MR) is 108 cm³/mol. The molecule has 0 aromatic heterocycles. The van der Waals surface area contributed by atoms with E-state index in [4.69, 9.17) is 4.74 Å². The third kappa shape index (κ3) is 4.98. The van der Waals surface area contributed by atoms with Gasteiger partial charge in [-0.05, 0) is 44.0 Å². The van der Waals surface area contributed by atoms with Crippen LogP contribution in [-0.4, -0.2) is 50.5 Å². The van der Waals surface area contributed by atoms with E-state index in [1.165, 1.54) is 16.4 Å². The Bertz CT molecular complexity index is 905. The van der Waals surface area contributed by atoms with Crippen LogP contribution in [0.3, 0.4) is 0 Å². The lowest BCUT2D eigenvalue weighted by molar-refractivity contribution is -0.0440. The molecule has 0 saturated carbocycles. The lowest BCUT2D eigenvalue weighted by atomic mass is 10.1. The van der Waals surface area contributed by atoms with E-state index in [-0.39, 0.29) is 23.0 Å². The number of nitrogens with zero attached hydrogens (tertiary/aromatic N) is 1. The zero-order chi connectivity index (χ0) is 20.1. The zero-order valence-electron chi connectivity index (χ0n) is 16.2. The van der Waals surface area contributed by atoms with Gasteiger partial charge in [0.05, 0.1) is 17.1 Å². The van der Waals surface area contributed by atoms with Gasteiger partial charge in [-0.25, -0.2) is 8.42 Å². The molecule has 150 valence electrons. The quantitative estimate of drug-likeness (QED) is 0.805. The van der Waals surface area contributed by atoms with Crippen molar-refractivity contribution in [1.29, 1.82) is 0 Å². The van der Waals surface area contributed by atoms with Crippen LogP contribution in [0.5, 0.6) is 0 Å². The van der Waals surface area contributed by atoms with Gasteiger partial charge in [0.15, 0.2) is 0 Å².